The fourth-order valence-corrected chi connectivity index (χ4v) is 1.27. The highest BCUT2D eigenvalue weighted by Gasteiger charge is 2.35. The van der Waals surface area contributed by atoms with E-state index in [1.807, 2.05) is 6.92 Å². The Kier molecular flexibility index (Phi) is 2.49. The topological polar surface area (TPSA) is 52.3 Å². The van der Waals surface area contributed by atoms with E-state index in [1.165, 1.54) is 20.0 Å². The van der Waals surface area contributed by atoms with Gasteiger partial charge >= 0.3 is 5.97 Å². The van der Waals surface area contributed by atoms with Gasteiger partial charge in [0.25, 0.3) is 0 Å². The molecule has 0 aromatic rings. The van der Waals surface area contributed by atoms with Crippen LogP contribution in [-0.4, -0.2) is 19.1 Å². The second-order valence-corrected chi connectivity index (χ2v) is 3.25. The maximum Gasteiger partial charge on any atom is 0.322 e. The largest absolute Gasteiger partial charge is 0.468 e. The number of esters is 1. The Morgan fingerprint density at radius 1 is 1.64 bits per heavy atom. The van der Waals surface area contributed by atoms with Gasteiger partial charge in [-0.25, -0.2) is 0 Å². The van der Waals surface area contributed by atoms with Crippen LogP contribution in [0.15, 0.2) is 0 Å². The average molecular weight is 157 g/mol. The Hall–Kier alpha value is -0.570. The van der Waals surface area contributed by atoms with Gasteiger partial charge < -0.3 is 10.5 Å². The first-order chi connectivity index (χ1) is 5.16. The van der Waals surface area contributed by atoms with E-state index in [0.29, 0.717) is 5.92 Å². The van der Waals surface area contributed by atoms with Crippen LogP contribution in [0.4, 0.5) is 0 Å². The van der Waals surface area contributed by atoms with Crippen LogP contribution in [-0.2, 0) is 9.53 Å². The maximum atomic E-state index is 10.9. The summed E-state index contributed by atoms with van der Waals surface area (Å²) in [4.78, 5) is 10.9. The first kappa shape index (κ1) is 8.53. The fourth-order valence-electron chi connectivity index (χ4n) is 1.27. The highest BCUT2D eigenvalue weighted by molar-refractivity contribution is 5.75. The van der Waals surface area contributed by atoms with Crippen LogP contribution < -0.4 is 5.73 Å². The molecule has 2 N–H and O–H groups in total. The van der Waals surface area contributed by atoms with E-state index in [4.69, 9.17) is 5.73 Å². The Bertz CT molecular complexity index is 154. The lowest BCUT2D eigenvalue weighted by Gasteiger charge is -2.16. The predicted molar refractivity (Wildman–Crippen MR) is 41.9 cm³/mol. The number of methoxy groups -OCH3 is 1. The van der Waals surface area contributed by atoms with E-state index < -0.39 is 6.04 Å². The van der Waals surface area contributed by atoms with Gasteiger partial charge in [-0.2, -0.15) is 0 Å². The van der Waals surface area contributed by atoms with Gasteiger partial charge in [0.2, 0.25) is 0 Å². The van der Waals surface area contributed by atoms with Crippen molar-refractivity contribution >= 4 is 5.97 Å². The van der Waals surface area contributed by atoms with Crippen LogP contribution in [0.1, 0.15) is 19.8 Å². The number of rotatable bonds is 3. The Balaban J connectivity index is 2.38. The van der Waals surface area contributed by atoms with Gasteiger partial charge in [0.05, 0.1) is 7.11 Å². The summed E-state index contributed by atoms with van der Waals surface area (Å²) in [5.74, 6) is 0.649. The van der Waals surface area contributed by atoms with Gasteiger partial charge in [-0.3, -0.25) is 4.79 Å². The molecule has 0 radical (unpaired) electrons. The summed E-state index contributed by atoms with van der Waals surface area (Å²) in [5.41, 5.74) is 5.64. The molecule has 0 aliphatic heterocycles. The summed E-state index contributed by atoms with van der Waals surface area (Å²) in [5, 5.41) is 0. The van der Waals surface area contributed by atoms with Gasteiger partial charge in [0.15, 0.2) is 0 Å². The lowest BCUT2D eigenvalue weighted by molar-refractivity contribution is -0.143. The molecule has 1 fully saturated rings. The standard InChI is InChI=1S/C8H15NO2/c1-5(6-3-4-6)7(9)8(10)11-2/h5-7H,3-4,9H2,1-2H3. The van der Waals surface area contributed by atoms with Crippen molar-refractivity contribution in [2.75, 3.05) is 7.11 Å². The van der Waals surface area contributed by atoms with Crippen molar-refractivity contribution in [3.05, 3.63) is 0 Å². The Labute approximate surface area is 66.9 Å². The maximum absolute atomic E-state index is 10.9. The van der Waals surface area contributed by atoms with E-state index >= 15 is 0 Å². The molecule has 2 unspecified atom stereocenters. The molecule has 0 aromatic carbocycles. The van der Waals surface area contributed by atoms with Crippen molar-refractivity contribution < 1.29 is 9.53 Å². The summed E-state index contributed by atoms with van der Waals surface area (Å²) >= 11 is 0. The molecule has 0 heterocycles. The minimum absolute atomic E-state index is 0.280. The monoisotopic (exact) mass is 157 g/mol. The quantitative estimate of drug-likeness (QED) is 0.608. The lowest BCUT2D eigenvalue weighted by Crippen LogP contribution is -2.38. The molecular weight excluding hydrogens is 142 g/mol. The van der Waals surface area contributed by atoms with E-state index in [9.17, 15) is 4.79 Å². The molecule has 0 bridgehead atoms. The van der Waals surface area contributed by atoms with Crippen LogP contribution in [0, 0.1) is 11.8 Å². The van der Waals surface area contributed by atoms with E-state index in [2.05, 4.69) is 4.74 Å². The van der Waals surface area contributed by atoms with Gasteiger partial charge in [0, 0.05) is 0 Å². The number of carbonyl (C=O) groups excluding carboxylic acids is 1. The third-order valence-electron chi connectivity index (χ3n) is 2.41. The molecular formula is C8H15NO2. The number of carbonyl (C=O) groups is 1. The minimum atomic E-state index is -0.424. The van der Waals surface area contributed by atoms with Crippen LogP contribution in [0.3, 0.4) is 0 Å². The number of nitrogens with two attached hydrogens (primary N) is 1. The molecule has 1 aliphatic carbocycles. The molecule has 2 atom stereocenters. The van der Waals surface area contributed by atoms with Crippen molar-refractivity contribution in [2.45, 2.75) is 25.8 Å². The predicted octanol–water partition coefficient (Wildman–Crippen LogP) is 0.533. The third-order valence-corrected chi connectivity index (χ3v) is 2.41. The summed E-state index contributed by atoms with van der Waals surface area (Å²) in [6.07, 6.45) is 2.43. The molecule has 0 aromatic heterocycles. The van der Waals surface area contributed by atoms with E-state index in [0.717, 1.165) is 0 Å². The second kappa shape index (κ2) is 3.22. The molecule has 3 nitrogen and oxygen atoms in total. The van der Waals surface area contributed by atoms with Crippen LogP contribution in [0.25, 0.3) is 0 Å². The first-order valence-corrected chi connectivity index (χ1v) is 4.00. The van der Waals surface area contributed by atoms with E-state index in [1.54, 1.807) is 0 Å². The molecule has 1 rings (SSSR count). The highest BCUT2D eigenvalue weighted by atomic mass is 16.5. The van der Waals surface area contributed by atoms with Crippen molar-refractivity contribution in [2.24, 2.45) is 17.6 Å². The minimum Gasteiger partial charge on any atom is -0.468 e. The summed E-state index contributed by atoms with van der Waals surface area (Å²) in [7, 11) is 1.38. The van der Waals surface area contributed by atoms with Crippen LogP contribution >= 0.6 is 0 Å². The molecule has 0 saturated heterocycles. The Morgan fingerprint density at radius 3 is 2.55 bits per heavy atom. The molecule has 0 amide bonds. The van der Waals surface area contributed by atoms with Crippen molar-refractivity contribution in [3.8, 4) is 0 Å². The summed E-state index contributed by atoms with van der Waals surface area (Å²) in [6.45, 7) is 2.01. The van der Waals surface area contributed by atoms with Gasteiger partial charge in [-0.1, -0.05) is 6.92 Å². The van der Waals surface area contributed by atoms with Gasteiger partial charge in [-0.15, -0.1) is 0 Å². The number of hydrogen-bond acceptors (Lipinski definition) is 3. The lowest BCUT2D eigenvalue weighted by atomic mass is 9.98. The zero-order valence-electron chi connectivity index (χ0n) is 7.04. The zero-order chi connectivity index (χ0) is 8.43. The second-order valence-electron chi connectivity index (χ2n) is 3.25. The summed E-state index contributed by atoms with van der Waals surface area (Å²) in [6, 6.07) is -0.424. The highest BCUT2D eigenvalue weighted by Crippen LogP contribution is 2.37. The van der Waals surface area contributed by atoms with Crippen LogP contribution in [0.5, 0.6) is 0 Å². The zero-order valence-corrected chi connectivity index (χ0v) is 7.04. The van der Waals surface area contributed by atoms with Crippen LogP contribution in [0.2, 0.25) is 0 Å². The normalized spacial score (nSPS) is 22.5. The molecule has 11 heavy (non-hydrogen) atoms. The van der Waals surface area contributed by atoms with Gasteiger partial charge in [0.1, 0.15) is 6.04 Å². The van der Waals surface area contributed by atoms with E-state index in [-0.39, 0.29) is 11.9 Å². The first-order valence-electron chi connectivity index (χ1n) is 4.00. The van der Waals surface area contributed by atoms with Crippen molar-refractivity contribution in [1.29, 1.82) is 0 Å². The molecule has 1 aliphatic rings. The summed E-state index contributed by atoms with van der Waals surface area (Å²) < 4.78 is 4.55. The SMILES string of the molecule is COC(=O)C(N)C(C)C1CC1. The molecule has 3 heteroatoms. The van der Waals surface area contributed by atoms with Crippen molar-refractivity contribution in [3.63, 3.8) is 0 Å². The number of hydrogen-bond donors (Lipinski definition) is 1. The Morgan fingerprint density at radius 2 is 2.18 bits per heavy atom. The number of ether oxygens (including phenoxy) is 1. The third kappa shape index (κ3) is 1.93. The molecule has 0 spiro atoms. The molecule has 1 saturated carbocycles. The fraction of sp³-hybridized carbons (Fsp3) is 0.875. The van der Waals surface area contributed by atoms with Gasteiger partial charge in [-0.05, 0) is 24.7 Å². The molecule has 64 valence electrons. The average Bonchev–Trinajstić information content (AvgIpc) is 2.82. The van der Waals surface area contributed by atoms with Crippen molar-refractivity contribution in [1.82, 2.24) is 0 Å². The smallest absolute Gasteiger partial charge is 0.322 e.